The molecular weight excluding hydrogens is 611 g/mol. The highest BCUT2D eigenvalue weighted by molar-refractivity contribution is 6.30. The van der Waals surface area contributed by atoms with Gasteiger partial charge >= 0.3 is 0 Å². The van der Waals surface area contributed by atoms with Gasteiger partial charge in [-0.25, -0.2) is 18.2 Å². The molecule has 1 aliphatic heterocycles. The highest BCUT2D eigenvalue weighted by Gasteiger charge is 2.37. The van der Waals surface area contributed by atoms with Crippen LogP contribution in [0.5, 0.6) is 5.75 Å². The fraction of sp³-hybridized carbons (Fsp3) is 0.125. The van der Waals surface area contributed by atoms with Crippen LogP contribution in [0, 0.1) is 24.4 Å². The number of nitrogens with one attached hydrogen (secondary N) is 1. The van der Waals surface area contributed by atoms with E-state index in [0.29, 0.717) is 29.3 Å². The summed E-state index contributed by atoms with van der Waals surface area (Å²) in [4.78, 5) is 45.4. The van der Waals surface area contributed by atoms with E-state index in [-0.39, 0.29) is 27.4 Å². The van der Waals surface area contributed by atoms with Gasteiger partial charge in [-0.2, -0.15) is 0 Å². The number of carbonyl (C=O) groups is 2. The lowest BCUT2D eigenvalue weighted by atomic mass is 10.0. The van der Waals surface area contributed by atoms with E-state index in [9.17, 15) is 27.6 Å². The van der Waals surface area contributed by atoms with Gasteiger partial charge < -0.3 is 19.2 Å². The summed E-state index contributed by atoms with van der Waals surface area (Å²) in [5.41, 5.74) is 1.26. The summed E-state index contributed by atoms with van der Waals surface area (Å²) in [5.74, 6) is -5.57. The normalized spacial score (nSPS) is 13.2. The summed E-state index contributed by atoms with van der Waals surface area (Å²) in [5, 5.41) is 3.04. The van der Waals surface area contributed by atoms with E-state index in [1.807, 2.05) is 13.1 Å². The maximum Gasteiger partial charge on any atom is 0.274 e. The molecule has 228 valence electrons. The molecule has 5 aromatic rings. The lowest BCUT2D eigenvalue weighted by molar-refractivity contribution is 0.0638. The molecule has 13 heteroatoms. The number of nitrogens with zero attached hydrogens (tertiary/aromatic N) is 4. The minimum absolute atomic E-state index is 0.0359. The van der Waals surface area contributed by atoms with Crippen molar-refractivity contribution in [3.05, 3.63) is 135 Å². The number of rotatable bonds is 8. The van der Waals surface area contributed by atoms with Crippen molar-refractivity contribution in [2.45, 2.75) is 13.0 Å². The first-order valence-corrected chi connectivity index (χ1v) is 13.9. The molecule has 1 atom stereocenters. The third kappa shape index (κ3) is 5.44. The molecule has 0 fully saturated rings. The summed E-state index contributed by atoms with van der Waals surface area (Å²) in [7, 11) is 1.49. The number of hydrogen-bond acceptors (Lipinski definition) is 6. The smallest absolute Gasteiger partial charge is 0.274 e. The molecular formula is C32H23ClF3N5O4. The van der Waals surface area contributed by atoms with E-state index < -0.39 is 47.4 Å². The molecule has 6 rings (SSSR count). The van der Waals surface area contributed by atoms with Crippen molar-refractivity contribution < 1.29 is 27.5 Å². The molecule has 0 bridgehead atoms. The highest BCUT2D eigenvalue weighted by Crippen LogP contribution is 2.31. The van der Waals surface area contributed by atoms with Gasteiger partial charge in [0.15, 0.2) is 17.5 Å². The van der Waals surface area contributed by atoms with Gasteiger partial charge in [0.1, 0.15) is 11.4 Å². The second-order valence-corrected chi connectivity index (χ2v) is 10.7. The van der Waals surface area contributed by atoms with Crippen molar-refractivity contribution in [1.29, 1.82) is 0 Å². The summed E-state index contributed by atoms with van der Waals surface area (Å²) < 4.78 is 51.2. The van der Waals surface area contributed by atoms with Crippen molar-refractivity contribution in [2.75, 3.05) is 19.0 Å². The summed E-state index contributed by atoms with van der Waals surface area (Å²) in [6, 6.07) is 12.6. The number of amides is 2. The minimum atomic E-state index is -1.71. The fourth-order valence-electron chi connectivity index (χ4n) is 5.27. The number of anilines is 2. The van der Waals surface area contributed by atoms with Crippen molar-refractivity contribution in [1.82, 2.24) is 19.0 Å². The standard InChI is InChI=1S/C32H23ClF3N5O4/c1-17-13-39(16-37-17)26-8-7-20(12-28(26)45-2)38-25-11-19(33)14-40(32(25)44)27(18-9-23(34)29(36)24(35)10-18)15-41-30(42)21-5-3-4-6-22(21)31(41)43/h3-14,16,27,38H,15H2,1-2H3. The van der Waals surface area contributed by atoms with Gasteiger partial charge in [0.25, 0.3) is 17.4 Å². The second-order valence-electron chi connectivity index (χ2n) is 10.3. The number of imide groups is 1. The number of methoxy groups -OCH3 is 1. The van der Waals surface area contributed by atoms with Crippen LogP contribution in [0.3, 0.4) is 0 Å². The van der Waals surface area contributed by atoms with Gasteiger partial charge in [-0.3, -0.25) is 19.3 Å². The molecule has 0 saturated carbocycles. The SMILES string of the molecule is COc1cc(Nc2cc(Cl)cn(C(CN3C(=O)c4ccccc4C3=O)c3cc(F)c(F)c(F)c3)c2=O)ccc1-n1cnc(C)c1. The van der Waals surface area contributed by atoms with E-state index in [4.69, 9.17) is 16.3 Å². The van der Waals surface area contributed by atoms with Crippen molar-refractivity contribution in [2.24, 2.45) is 0 Å². The van der Waals surface area contributed by atoms with Crippen LogP contribution in [0.4, 0.5) is 24.5 Å². The first-order chi connectivity index (χ1) is 21.5. The molecule has 3 aromatic carbocycles. The second kappa shape index (κ2) is 11.6. The zero-order chi connectivity index (χ0) is 32.0. The molecule has 0 radical (unpaired) electrons. The number of fused-ring (bicyclic) bond motifs is 1. The zero-order valence-electron chi connectivity index (χ0n) is 23.7. The van der Waals surface area contributed by atoms with Crippen LogP contribution in [0.2, 0.25) is 5.02 Å². The Morgan fingerprint density at radius 3 is 2.20 bits per heavy atom. The quantitative estimate of drug-likeness (QED) is 0.165. The van der Waals surface area contributed by atoms with Crippen LogP contribution in [0.15, 0.2) is 84.2 Å². The number of aryl methyl sites for hydroxylation is 1. The van der Waals surface area contributed by atoms with E-state index in [1.54, 1.807) is 41.2 Å². The van der Waals surface area contributed by atoms with Gasteiger partial charge in [0, 0.05) is 24.1 Å². The third-order valence-corrected chi connectivity index (χ3v) is 7.63. The molecule has 9 nitrogen and oxygen atoms in total. The lowest BCUT2D eigenvalue weighted by Gasteiger charge is -2.26. The monoisotopic (exact) mass is 633 g/mol. The molecule has 1 N–H and O–H groups in total. The molecule has 2 aromatic heterocycles. The van der Waals surface area contributed by atoms with Crippen molar-refractivity contribution in [3.63, 3.8) is 0 Å². The molecule has 2 amide bonds. The van der Waals surface area contributed by atoms with Gasteiger partial charge in [0.05, 0.1) is 53.6 Å². The first kappa shape index (κ1) is 29.7. The van der Waals surface area contributed by atoms with Gasteiger partial charge in [-0.05, 0) is 55.0 Å². The number of carbonyl (C=O) groups excluding carboxylic acids is 2. The lowest BCUT2D eigenvalue weighted by Crippen LogP contribution is -2.39. The summed E-state index contributed by atoms with van der Waals surface area (Å²) in [6.45, 7) is 1.34. The average Bonchev–Trinajstić information content (AvgIpc) is 3.56. The van der Waals surface area contributed by atoms with Crippen LogP contribution in [-0.2, 0) is 0 Å². The third-order valence-electron chi connectivity index (χ3n) is 7.42. The van der Waals surface area contributed by atoms with Crippen LogP contribution < -0.4 is 15.6 Å². The molecule has 0 aliphatic carbocycles. The number of aromatic nitrogens is 3. The molecule has 0 spiro atoms. The predicted molar refractivity (Wildman–Crippen MR) is 160 cm³/mol. The Morgan fingerprint density at radius 2 is 1.60 bits per heavy atom. The summed E-state index contributed by atoms with van der Waals surface area (Å²) in [6.07, 6.45) is 4.66. The van der Waals surface area contributed by atoms with Crippen molar-refractivity contribution in [3.8, 4) is 11.4 Å². The van der Waals surface area contributed by atoms with Crippen LogP contribution >= 0.6 is 11.6 Å². The molecule has 45 heavy (non-hydrogen) atoms. The maximum absolute atomic E-state index is 14.5. The summed E-state index contributed by atoms with van der Waals surface area (Å²) >= 11 is 6.43. The Labute approximate surface area is 259 Å². The predicted octanol–water partition coefficient (Wildman–Crippen LogP) is 6.05. The Hall–Kier alpha value is -5.36. The van der Waals surface area contributed by atoms with Gasteiger partial charge in [-0.15, -0.1) is 0 Å². The van der Waals surface area contributed by atoms with Gasteiger partial charge in [0.2, 0.25) is 0 Å². The minimum Gasteiger partial charge on any atom is -0.494 e. The Kier molecular flexibility index (Phi) is 7.67. The Bertz CT molecular complexity index is 2000. The number of hydrogen-bond donors (Lipinski definition) is 1. The number of halogens is 4. The van der Waals surface area contributed by atoms with E-state index >= 15 is 0 Å². The molecule has 3 heterocycles. The topological polar surface area (TPSA) is 98.5 Å². The number of imidazole rings is 1. The zero-order valence-corrected chi connectivity index (χ0v) is 24.5. The maximum atomic E-state index is 14.5. The van der Waals surface area contributed by atoms with Crippen molar-refractivity contribution >= 4 is 34.8 Å². The first-order valence-electron chi connectivity index (χ1n) is 13.5. The van der Waals surface area contributed by atoms with Crippen LogP contribution in [-0.4, -0.2) is 44.5 Å². The van der Waals surface area contributed by atoms with Gasteiger partial charge in [-0.1, -0.05) is 23.7 Å². The average molecular weight is 634 g/mol. The van der Waals surface area contributed by atoms with E-state index in [1.165, 1.54) is 31.5 Å². The van der Waals surface area contributed by atoms with E-state index in [2.05, 4.69) is 10.3 Å². The highest BCUT2D eigenvalue weighted by atomic mass is 35.5. The largest absolute Gasteiger partial charge is 0.494 e. The fourth-order valence-corrected chi connectivity index (χ4v) is 5.48. The number of pyridine rings is 1. The number of ether oxygens (including phenoxy) is 1. The Morgan fingerprint density at radius 1 is 0.933 bits per heavy atom. The van der Waals surface area contributed by atoms with Crippen LogP contribution in [0.25, 0.3) is 5.69 Å². The van der Waals surface area contributed by atoms with E-state index in [0.717, 1.165) is 15.2 Å². The number of benzene rings is 3. The molecule has 0 saturated heterocycles. The molecule has 1 aliphatic rings. The van der Waals surface area contributed by atoms with Crippen LogP contribution in [0.1, 0.15) is 38.0 Å². The molecule has 1 unspecified atom stereocenters. The Balaban J connectivity index is 1.42.